The van der Waals surface area contributed by atoms with E-state index in [9.17, 15) is 14.4 Å². The van der Waals surface area contributed by atoms with Gasteiger partial charge in [-0.2, -0.15) is 0 Å². The van der Waals surface area contributed by atoms with Gasteiger partial charge in [-0.15, -0.1) is 0 Å². The topological polar surface area (TPSA) is 78.9 Å². The first kappa shape index (κ1) is 41.9. The molecule has 1 unspecified atom stereocenters. The van der Waals surface area contributed by atoms with Gasteiger partial charge in [0.05, 0.1) is 0 Å². The van der Waals surface area contributed by atoms with Gasteiger partial charge in [0, 0.05) is 19.3 Å². The molecular weight excluding hydrogens is 552 g/mol. The molecule has 0 spiro atoms. The monoisotopic (exact) mass is 621 g/mol. The number of carbonyl (C=O) groups excluding carboxylic acids is 3. The van der Waals surface area contributed by atoms with E-state index in [1.54, 1.807) is 0 Å². The Bertz CT molecular complexity index is 729. The number of hydrogen-bond donors (Lipinski definition) is 0. The highest BCUT2D eigenvalue weighted by Gasteiger charge is 2.19. The fourth-order valence-electron chi connectivity index (χ4n) is 4.89. The van der Waals surface area contributed by atoms with Crippen LogP contribution in [0.1, 0.15) is 181 Å². The average Bonchev–Trinajstić information content (AvgIpc) is 3.02. The normalized spacial score (nSPS) is 12.2. The predicted octanol–water partition coefficient (Wildman–Crippen LogP) is 10.9. The standard InChI is InChI=1S/C38H68O6/c1-4-7-10-13-15-17-18-19-20-21-23-25-28-31-37(40)43-34-35(33-42-36(39)30-27-24-12-9-6-3)44-38(41)32-29-26-22-16-14-11-8-5-2/h10,13,17-18,35H,4-9,11-12,14-16,19-34H2,1-3H3/b13-10-,18-17-. The Balaban J connectivity index is 4.30. The zero-order valence-corrected chi connectivity index (χ0v) is 28.9. The van der Waals surface area contributed by atoms with Crippen LogP contribution in [0.25, 0.3) is 0 Å². The van der Waals surface area contributed by atoms with Crippen LogP contribution in [0, 0.1) is 0 Å². The summed E-state index contributed by atoms with van der Waals surface area (Å²) >= 11 is 0. The number of carbonyl (C=O) groups is 3. The van der Waals surface area contributed by atoms with Gasteiger partial charge in [-0.3, -0.25) is 14.4 Å². The SMILES string of the molecule is CCC/C=C\C/C=C\CCCCCCCC(=O)OCC(COC(=O)CCCCCCC)OC(=O)CCCCCCCCCC. The number of esters is 3. The van der Waals surface area contributed by atoms with E-state index in [1.165, 1.54) is 51.4 Å². The molecule has 0 aromatic carbocycles. The minimum absolute atomic E-state index is 0.0757. The van der Waals surface area contributed by atoms with Gasteiger partial charge in [0.25, 0.3) is 0 Å². The maximum Gasteiger partial charge on any atom is 0.306 e. The van der Waals surface area contributed by atoms with Gasteiger partial charge in [0.2, 0.25) is 0 Å². The summed E-state index contributed by atoms with van der Waals surface area (Å²) < 4.78 is 16.4. The number of hydrogen-bond acceptors (Lipinski definition) is 6. The minimum atomic E-state index is -0.764. The van der Waals surface area contributed by atoms with E-state index in [2.05, 4.69) is 45.1 Å². The Hall–Kier alpha value is -2.11. The number of allylic oxidation sites excluding steroid dienone is 4. The van der Waals surface area contributed by atoms with Gasteiger partial charge in [-0.1, -0.05) is 141 Å². The van der Waals surface area contributed by atoms with Crippen molar-refractivity contribution in [3.8, 4) is 0 Å². The Morgan fingerprint density at radius 1 is 0.455 bits per heavy atom. The Morgan fingerprint density at radius 3 is 1.34 bits per heavy atom. The molecule has 44 heavy (non-hydrogen) atoms. The Morgan fingerprint density at radius 2 is 0.864 bits per heavy atom. The van der Waals surface area contributed by atoms with Crippen molar-refractivity contribution in [1.29, 1.82) is 0 Å². The van der Waals surface area contributed by atoms with Crippen LogP contribution in [0.2, 0.25) is 0 Å². The lowest BCUT2D eigenvalue weighted by Crippen LogP contribution is -2.30. The van der Waals surface area contributed by atoms with Crippen molar-refractivity contribution >= 4 is 17.9 Å². The van der Waals surface area contributed by atoms with E-state index in [0.29, 0.717) is 19.3 Å². The molecule has 0 amide bonds. The second-order valence-corrected chi connectivity index (χ2v) is 12.1. The molecule has 0 bridgehead atoms. The Kier molecular flexibility index (Phi) is 32.2. The van der Waals surface area contributed by atoms with Gasteiger partial charge in [0.15, 0.2) is 6.10 Å². The molecule has 0 radical (unpaired) electrons. The number of unbranched alkanes of at least 4 members (excludes halogenated alkanes) is 17. The summed E-state index contributed by atoms with van der Waals surface area (Å²) in [6.45, 7) is 6.41. The second-order valence-electron chi connectivity index (χ2n) is 12.1. The van der Waals surface area contributed by atoms with Gasteiger partial charge < -0.3 is 14.2 Å². The number of ether oxygens (including phenoxy) is 3. The van der Waals surface area contributed by atoms with Crippen LogP contribution in [-0.2, 0) is 28.6 Å². The van der Waals surface area contributed by atoms with Gasteiger partial charge >= 0.3 is 17.9 Å². The first-order valence-corrected chi connectivity index (χ1v) is 18.3. The van der Waals surface area contributed by atoms with Crippen LogP contribution in [0.5, 0.6) is 0 Å². The quantitative estimate of drug-likeness (QED) is 0.0322. The third-order valence-corrected chi connectivity index (χ3v) is 7.69. The molecule has 0 rings (SSSR count). The summed E-state index contributed by atoms with van der Waals surface area (Å²) in [6, 6.07) is 0. The molecule has 0 saturated heterocycles. The van der Waals surface area contributed by atoms with Crippen LogP contribution in [0.15, 0.2) is 24.3 Å². The summed E-state index contributed by atoms with van der Waals surface area (Å²) in [7, 11) is 0. The maximum absolute atomic E-state index is 12.5. The lowest BCUT2D eigenvalue weighted by Gasteiger charge is -2.18. The van der Waals surface area contributed by atoms with E-state index in [1.807, 2.05) is 0 Å². The molecule has 0 aromatic rings. The molecule has 0 fully saturated rings. The molecule has 0 heterocycles. The highest BCUT2D eigenvalue weighted by molar-refractivity contribution is 5.71. The largest absolute Gasteiger partial charge is 0.462 e. The molecule has 0 saturated carbocycles. The van der Waals surface area contributed by atoms with Crippen LogP contribution in [-0.4, -0.2) is 37.2 Å². The molecule has 256 valence electrons. The van der Waals surface area contributed by atoms with Crippen LogP contribution in [0.4, 0.5) is 0 Å². The molecule has 6 heteroatoms. The summed E-state index contributed by atoms with van der Waals surface area (Å²) in [4.78, 5) is 37.1. The van der Waals surface area contributed by atoms with E-state index in [-0.39, 0.29) is 31.1 Å². The van der Waals surface area contributed by atoms with Crippen LogP contribution >= 0.6 is 0 Å². The summed E-state index contributed by atoms with van der Waals surface area (Å²) in [5, 5.41) is 0. The third-order valence-electron chi connectivity index (χ3n) is 7.69. The second kappa shape index (κ2) is 33.8. The van der Waals surface area contributed by atoms with Crippen molar-refractivity contribution in [2.24, 2.45) is 0 Å². The van der Waals surface area contributed by atoms with E-state index < -0.39 is 6.10 Å². The Labute approximate surface area is 271 Å². The van der Waals surface area contributed by atoms with Gasteiger partial charge in [-0.05, 0) is 44.9 Å². The maximum atomic E-state index is 12.5. The van der Waals surface area contributed by atoms with Gasteiger partial charge in [0.1, 0.15) is 13.2 Å². The molecule has 1 atom stereocenters. The predicted molar refractivity (Wildman–Crippen MR) is 183 cm³/mol. The summed E-state index contributed by atoms with van der Waals surface area (Å²) in [5.74, 6) is -0.915. The molecule has 0 aromatic heterocycles. The van der Waals surface area contributed by atoms with Crippen molar-refractivity contribution in [1.82, 2.24) is 0 Å². The minimum Gasteiger partial charge on any atom is -0.462 e. The lowest BCUT2D eigenvalue weighted by molar-refractivity contribution is -0.167. The first-order chi connectivity index (χ1) is 21.5. The molecule has 0 aliphatic rings. The highest BCUT2D eigenvalue weighted by atomic mass is 16.6. The van der Waals surface area contributed by atoms with Gasteiger partial charge in [-0.25, -0.2) is 0 Å². The van der Waals surface area contributed by atoms with Crippen molar-refractivity contribution in [2.75, 3.05) is 13.2 Å². The van der Waals surface area contributed by atoms with Crippen molar-refractivity contribution in [2.45, 2.75) is 187 Å². The van der Waals surface area contributed by atoms with Crippen molar-refractivity contribution in [3.63, 3.8) is 0 Å². The highest BCUT2D eigenvalue weighted by Crippen LogP contribution is 2.12. The third kappa shape index (κ3) is 31.3. The fraction of sp³-hybridized carbons (Fsp3) is 0.816. The number of rotatable bonds is 32. The lowest BCUT2D eigenvalue weighted by atomic mass is 10.1. The smallest absolute Gasteiger partial charge is 0.306 e. The fourth-order valence-corrected chi connectivity index (χ4v) is 4.89. The van der Waals surface area contributed by atoms with Crippen molar-refractivity contribution < 1.29 is 28.6 Å². The van der Waals surface area contributed by atoms with E-state index in [0.717, 1.165) is 89.9 Å². The molecule has 0 aliphatic carbocycles. The average molecular weight is 621 g/mol. The van der Waals surface area contributed by atoms with E-state index in [4.69, 9.17) is 14.2 Å². The van der Waals surface area contributed by atoms with Crippen LogP contribution in [0.3, 0.4) is 0 Å². The molecule has 6 nitrogen and oxygen atoms in total. The molecule has 0 aliphatic heterocycles. The van der Waals surface area contributed by atoms with Crippen LogP contribution < -0.4 is 0 Å². The molecular formula is C38H68O6. The zero-order valence-electron chi connectivity index (χ0n) is 28.9. The summed E-state index contributed by atoms with van der Waals surface area (Å²) in [6.07, 6.45) is 33.4. The zero-order chi connectivity index (χ0) is 32.4. The first-order valence-electron chi connectivity index (χ1n) is 18.3. The molecule has 0 N–H and O–H groups in total. The summed E-state index contributed by atoms with van der Waals surface area (Å²) in [5.41, 5.74) is 0. The van der Waals surface area contributed by atoms with E-state index >= 15 is 0 Å². The van der Waals surface area contributed by atoms with Crippen molar-refractivity contribution in [3.05, 3.63) is 24.3 Å².